The predicted octanol–water partition coefficient (Wildman–Crippen LogP) is 4.24. The van der Waals surface area contributed by atoms with Gasteiger partial charge >= 0.3 is 5.97 Å². The van der Waals surface area contributed by atoms with E-state index < -0.39 is 5.97 Å². The van der Waals surface area contributed by atoms with Gasteiger partial charge in [-0.3, -0.25) is 4.79 Å². The first-order chi connectivity index (χ1) is 12.1. The van der Waals surface area contributed by atoms with Gasteiger partial charge in [0.05, 0.1) is 7.11 Å². The van der Waals surface area contributed by atoms with Crippen LogP contribution in [0.4, 0.5) is 0 Å². The van der Waals surface area contributed by atoms with E-state index in [2.05, 4.69) is 4.98 Å². The van der Waals surface area contributed by atoms with Gasteiger partial charge in [-0.05, 0) is 55.5 Å². The maximum Gasteiger partial charge on any atom is 0.363 e. The van der Waals surface area contributed by atoms with Gasteiger partial charge in [0.25, 0.3) is 0 Å². The van der Waals surface area contributed by atoms with Gasteiger partial charge in [0.1, 0.15) is 16.5 Å². The Balaban J connectivity index is 1.72. The lowest BCUT2D eigenvalue weighted by atomic mass is 10.1. The second-order valence-electron chi connectivity index (χ2n) is 5.24. The Morgan fingerprint density at radius 2 is 1.60 bits per heavy atom. The fourth-order valence-electron chi connectivity index (χ4n) is 2.15. The summed E-state index contributed by atoms with van der Waals surface area (Å²) in [6.07, 6.45) is 0. The smallest absolute Gasteiger partial charge is 0.363 e. The van der Waals surface area contributed by atoms with Gasteiger partial charge < -0.3 is 9.47 Å². The number of ketones is 1. The van der Waals surface area contributed by atoms with Crippen molar-refractivity contribution in [2.24, 2.45) is 0 Å². The Labute approximate surface area is 148 Å². The van der Waals surface area contributed by atoms with Gasteiger partial charge in [-0.25, -0.2) is 9.78 Å². The third kappa shape index (κ3) is 3.92. The van der Waals surface area contributed by atoms with Crippen LogP contribution in [0.15, 0.2) is 53.9 Å². The number of thiazole rings is 1. The van der Waals surface area contributed by atoms with E-state index in [1.54, 1.807) is 36.8 Å². The van der Waals surface area contributed by atoms with Crippen molar-refractivity contribution in [1.29, 1.82) is 0 Å². The molecule has 0 unspecified atom stereocenters. The van der Waals surface area contributed by atoms with Gasteiger partial charge in [0.2, 0.25) is 0 Å². The number of benzene rings is 2. The van der Waals surface area contributed by atoms with Crippen molar-refractivity contribution in [1.82, 2.24) is 4.98 Å². The molecule has 1 aromatic heterocycles. The van der Waals surface area contributed by atoms with E-state index in [-0.39, 0.29) is 11.5 Å². The highest BCUT2D eigenvalue weighted by molar-refractivity contribution is 7.13. The number of rotatable bonds is 5. The highest BCUT2D eigenvalue weighted by Crippen LogP contribution is 2.26. The third-order valence-corrected chi connectivity index (χ3v) is 4.41. The molecule has 0 fully saturated rings. The molecule has 126 valence electrons. The lowest BCUT2D eigenvalue weighted by Gasteiger charge is -2.03. The molecule has 0 spiro atoms. The van der Waals surface area contributed by atoms with E-state index in [0.29, 0.717) is 11.3 Å². The Bertz CT molecular complexity index is 898. The third-order valence-electron chi connectivity index (χ3n) is 3.52. The molecule has 0 atom stereocenters. The number of nitrogens with zero attached hydrogens (tertiary/aromatic N) is 1. The second-order valence-corrected chi connectivity index (χ2v) is 6.09. The van der Waals surface area contributed by atoms with E-state index in [1.807, 2.05) is 24.3 Å². The number of hydrogen-bond acceptors (Lipinski definition) is 6. The van der Waals surface area contributed by atoms with Crippen LogP contribution in [0.3, 0.4) is 0 Å². The second kappa shape index (κ2) is 7.27. The lowest BCUT2D eigenvalue weighted by Crippen LogP contribution is -2.09. The molecule has 25 heavy (non-hydrogen) atoms. The van der Waals surface area contributed by atoms with Crippen LogP contribution >= 0.6 is 11.3 Å². The number of carbonyl (C=O) groups excluding carboxylic acids is 2. The maximum atomic E-state index is 12.2. The quantitative estimate of drug-likeness (QED) is 0.390. The molecule has 5 nitrogen and oxygen atoms in total. The Kier molecular flexibility index (Phi) is 4.90. The minimum absolute atomic E-state index is 0.0403. The first-order valence-corrected chi connectivity index (χ1v) is 8.38. The van der Waals surface area contributed by atoms with Crippen LogP contribution in [-0.2, 0) is 0 Å². The zero-order valence-electron chi connectivity index (χ0n) is 13.7. The molecule has 1 heterocycles. The average molecular weight is 353 g/mol. The predicted molar refractivity (Wildman–Crippen MR) is 95.5 cm³/mol. The monoisotopic (exact) mass is 353 g/mol. The minimum Gasteiger partial charge on any atom is -0.497 e. The zero-order chi connectivity index (χ0) is 17.8. The number of aromatic nitrogens is 1. The van der Waals surface area contributed by atoms with Gasteiger partial charge in [-0.1, -0.05) is 0 Å². The molecule has 0 saturated heterocycles. The molecule has 3 aromatic rings. The SMILES string of the molecule is COc1ccc(-c2nc(C(=O)Oc3ccc(C(C)=O)cc3)cs2)cc1. The summed E-state index contributed by atoms with van der Waals surface area (Å²) < 4.78 is 10.4. The van der Waals surface area contributed by atoms with Gasteiger partial charge in [0.15, 0.2) is 11.5 Å². The number of esters is 1. The summed E-state index contributed by atoms with van der Waals surface area (Å²) in [7, 11) is 1.61. The standard InChI is InChI=1S/C19H15NO4S/c1-12(21)13-3-9-16(10-4-13)24-19(22)17-11-25-18(20-17)14-5-7-15(23-2)8-6-14/h3-11H,1-2H3. The molecule has 0 saturated carbocycles. The first kappa shape index (κ1) is 16.9. The fraction of sp³-hybridized carbons (Fsp3) is 0.105. The molecule has 0 bridgehead atoms. The van der Waals surface area contributed by atoms with Crippen molar-refractivity contribution in [3.05, 3.63) is 65.2 Å². The van der Waals surface area contributed by atoms with Crippen LogP contribution in [0, 0.1) is 0 Å². The minimum atomic E-state index is -0.536. The molecule has 0 N–H and O–H groups in total. The van der Waals surface area contributed by atoms with Crippen LogP contribution in [0.5, 0.6) is 11.5 Å². The largest absolute Gasteiger partial charge is 0.497 e. The summed E-state index contributed by atoms with van der Waals surface area (Å²) in [6.45, 7) is 1.48. The highest BCUT2D eigenvalue weighted by atomic mass is 32.1. The van der Waals surface area contributed by atoms with E-state index in [9.17, 15) is 9.59 Å². The van der Waals surface area contributed by atoms with Crippen molar-refractivity contribution in [3.63, 3.8) is 0 Å². The molecular formula is C19H15NO4S. The molecular weight excluding hydrogens is 338 g/mol. The van der Waals surface area contributed by atoms with Crippen molar-refractivity contribution in [2.75, 3.05) is 7.11 Å². The van der Waals surface area contributed by atoms with Crippen molar-refractivity contribution < 1.29 is 19.1 Å². The molecule has 0 aliphatic carbocycles. The fourth-order valence-corrected chi connectivity index (χ4v) is 2.95. The molecule has 0 radical (unpaired) electrons. The van der Waals surface area contributed by atoms with E-state index >= 15 is 0 Å². The Morgan fingerprint density at radius 3 is 2.20 bits per heavy atom. The van der Waals surface area contributed by atoms with Crippen LogP contribution < -0.4 is 9.47 Å². The van der Waals surface area contributed by atoms with Gasteiger partial charge in [-0.2, -0.15) is 0 Å². The van der Waals surface area contributed by atoms with E-state index in [1.165, 1.54) is 18.3 Å². The van der Waals surface area contributed by atoms with Gasteiger partial charge in [0, 0.05) is 16.5 Å². The first-order valence-electron chi connectivity index (χ1n) is 7.50. The van der Waals surface area contributed by atoms with Gasteiger partial charge in [-0.15, -0.1) is 11.3 Å². The summed E-state index contributed by atoms with van der Waals surface area (Å²) in [5.41, 5.74) is 1.71. The number of hydrogen-bond donors (Lipinski definition) is 0. The number of carbonyl (C=O) groups is 2. The number of ether oxygens (including phenoxy) is 2. The van der Waals surface area contributed by atoms with E-state index in [0.717, 1.165) is 16.3 Å². The molecule has 0 aliphatic rings. The van der Waals surface area contributed by atoms with Crippen molar-refractivity contribution >= 4 is 23.1 Å². The summed E-state index contributed by atoms with van der Waals surface area (Å²) in [6, 6.07) is 13.9. The zero-order valence-corrected chi connectivity index (χ0v) is 14.5. The Morgan fingerprint density at radius 1 is 0.960 bits per heavy atom. The molecule has 6 heteroatoms. The summed E-state index contributed by atoms with van der Waals surface area (Å²) in [5.74, 6) is 0.552. The molecule has 0 amide bonds. The average Bonchev–Trinajstić information content (AvgIpc) is 3.12. The summed E-state index contributed by atoms with van der Waals surface area (Å²) >= 11 is 1.36. The normalized spacial score (nSPS) is 10.3. The summed E-state index contributed by atoms with van der Waals surface area (Å²) in [4.78, 5) is 27.8. The van der Waals surface area contributed by atoms with Crippen molar-refractivity contribution in [2.45, 2.75) is 6.92 Å². The lowest BCUT2D eigenvalue weighted by molar-refractivity contribution is 0.0729. The topological polar surface area (TPSA) is 65.5 Å². The van der Waals surface area contributed by atoms with E-state index in [4.69, 9.17) is 9.47 Å². The highest BCUT2D eigenvalue weighted by Gasteiger charge is 2.14. The molecule has 3 rings (SSSR count). The van der Waals surface area contributed by atoms with Crippen LogP contribution in [0.25, 0.3) is 10.6 Å². The van der Waals surface area contributed by atoms with Crippen LogP contribution in [-0.4, -0.2) is 23.8 Å². The molecule has 2 aromatic carbocycles. The maximum absolute atomic E-state index is 12.2. The van der Waals surface area contributed by atoms with Crippen molar-refractivity contribution in [3.8, 4) is 22.1 Å². The van der Waals surface area contributed by atoms with Crippen LogP contribution in [0.2, 0.25) is 0 Å². The number of methoxy groups -OCH3 is 1. The number of Topliss-reactive ketones (excluding diaryl/α,β-unsaturated/α-hetero) is 1. The molecule has 0 aliphatic heterocycles. The van der Waals surface area contributed by atoms with Crippen LogP contribution in [0.1, 0.15) is 27.8 Å². The Hall–Kier alpha value is -2.99. The summed E-state index contributed by atoms with van der Waals surface area (Å²) in [5, 5.41) is 2.38.